The monoisotopic (exact) mass is 440 g/mol. The Morgan fingerprint density at radius 2 is 1.77 bits per heavy atom. The summed E-state index contributed by atoms with van der Waals surface area (Å²) in [5, 5.41) is 6.62. The van der Waals surface area contributed by atoms with Crippen LogP contribution in [-0.2, 0) is 16.3 Å². The second-order valence-electron chi connectivity index (χ2n) is 7.08. The summed E-state index contributed by atoms with van der Waals surface area (Å²) in [6.45, 7) is 11.3. The van der Waals surface area contributed by atoms with Crippen molar-refractivity contribution in [3.05, 3.63) is 23.8 Å². The Balaban J connectivity index is 1.82. The molecule has 1 aromatic rings. The SMILES string of the molecule is CCNC(=NCCN1CCS(=O)(=O)CC1)NCCc1ccc(OCC)c(OCC)c1. The van der Waals surface area contributed by atoms with Gasteiger partial charge in [0.25, 0.3) is 0 Å². The molecule has 30 heavy (non-hydrogen) atoms. The van der Waals surface area contributed by atoms with Crippen LogP contribution in [0.2, 0.25) is 0 Å². The summed E-state index contributed by atoms with van der Waals surface area (Å²) in [6, 6.07) is 6.05. The molecule has 1 saturated heterocycles. The van der Waals surface area contributed by atoms with Crippen LogP contribution < -0.4 is 20.1 Å². The molecule has 0 spiro atoms. The first kappa shape index (κ1) is 24.3. The lowest BCUT2D eigenvalue weighted by Crippen LogP contribution is -2.42. The minimum absolute atomic E-state index is 0.251. The van der Waals surface area contributed by atoms with Gasteiger partial charge in [0, 0.05) is 32.7 Å². The number of sulfone groups is 1. The highest BCUT2D eigenvalue weighted by atomic mass is 32.2. The zero-order chi connectivity index (χ0) is 21.8. The maximum Gasteiger partial charge on any atom is 0.191 e. The van der Waals surface area contributed by atoms with Crippen LogP contribution in [-0.4, -0.2) is 83.3 Å². The van der Waals surface area contributed by atoms with Gasteiger partial charge in [0.2, 0.25) is 0 Å². The molecule has 1 aliphatic heterocycles. The van der Waals surface area contributed by atoms with Gasteiger partial charge < -0.3 is 20.1 Å². The molecule has 1 heterocycles. The highest BCUT2D eigenvalue weighted by molar-refractivity contribution is 7.91. The maximum absolute atomic E-state index is 11.5. The second kappa shape index (κ2) is 12.6. The average molecular weight is 441 g/mol. The maximum atomic E-state index is 11.5. The molecule has 2 N–H and O–H groups in total. The smallest absolute Gasteiger partial charge is 0.191 e. The van der Waals surface area contributed by atoms with E-state index in [4.69, 9.17) is 9.47 Å². The molecule has 2 rings (SSSR count). The van der Waals surface area contributed by atoms with E-state index in [1.54, 1.807) is 0 Å². The lowest BCUT2D eigenvalue weighted by atomic mass is 10.1. The van der Waals surface area contributed by atoms with Crippen molar-refractivity contribution in [1.82, 2.24) is 15.5 Å². The summed E-state index contributed by atoms with van der Waals surface area (Å²) in [7, 11) is -2.84. The summed E-state index contributed by atoms with van der Waals surface area (Å²) in [5.41, 5.74) is 1.17. The van der Waals surface area contributed by atoms with E-state index in [1.165, 1.54) is 5.56 Å². The molecule has 1 aliphatic rings. The number of aliphatic imine (C=N–C) groups is 1. The Morgan fingerprint density at radius 1 is 1.07 bits per heavy atom. The predicted octanol–water partition coefficient (Wildman–Crippen LogP) is 1.31. The predicted molar refractivity (Wildman–Crippen MR) is 122 cm³/mol. The van der Waals surface area contributed by atoms with Crippen LogP contribution in [0.25, 0.3) is 0 Å². The van der Waals surface area contributed by atoms with Crippen LogP contribution in [0.1, 0.15) is 26.3 Å². The van der Waals surface area contributed by atoms with Gasteiger partial charge in [-0.25, -0.2) is 8.42 Å². The molecule has 8 nitrogen and oxygen atoms in total. The summed E-state index contributed by atoms with van der Waals surface area (Å²) >= 11 is 0. The van der Waals surface area contributed by atoms with E-state index in [9.17, 15) is 8.42 Å². The molecular weight excluding hydrogens is 404 g/mol. The zero-order valence-corrected chi connectivity index (χ0v) is 19.3. The molecule has 1 aromatic carbocycles. The number of hydrogen-bond acceptors (Lipinski definition) is 6. The molecule has 0 unspecified atom stereocenters. The molecule has 0 bridgehead atoms. The van der Waals surface area contributed by atoms with E-state index in [0.717, 1.165) is 43.5 Å². The van der Waals surface area contributed by atoms with E-state index >= 15 is 0 Å². The van der Waals surface area contributed by atoms with E-state index in [2.05, 4.69) is 26.6 Å². The Hall–Kier alpha value is -2.00. The van der Waals surface area contributed by atoms with Gasteiger partial charge in [0.15, 0.2) is 27.3 Å². The molecule has 1 fully saturated rings. The normalized spacial score (nSPS) is 16.8. The Bertz CT molecular complexity index is 769. The van der Waals surface area contributed by atoms with Gasteiger partial charge in [-0.3, -0.25) is 9.89 Å². The third-order valence-corrected chi connectivity index (χ3v) is 6.39. The summed E-state index contributed by atoms with van der Waals surface area (Å²) in [4.78, 5) is 6.78. The fourth-order valence-corrected chi connectivity index (χ4v) is 4.47. The van der Waals surface area contributed by atoms with Gasteiger partial charge in [-0.15, -0.1) is 0 Å². The van der Waals surface area contributed by atoms with Gasteiger partial charge >= 0.3 is 0 Å². The van der Waals surface area contributed by atoms with Crippen molar-refractivity contribution >= 4 is 15.8 Å². The lowest BCUT2D eigenvalue weighted by molar-refractivity contribution is 0.287. The van der Waals surface area contributed by atoms with Crippen LogP contribution in [0.4, 0.5) is 0 Å². The molecule has 0 saturated carbocycles. The molecule has 0 amide bonds. The minimum Gasteiger partial charge on any atom is -0.490 e. The standard InChI is InChI=1S/C21H36N4O4S/c1-4-22-21(24-11-12-25-13-15-30(26,27)16-14-25)23-10-9-18-7-8-19(28-5-2)20(17-18)29-6-3/h7-8,17H,4-6,9-16H2,1-3H3,(H2,22,23,24). The van der Waals surface area contributed by atoms with Crippen molar-refractivity contribution in [3.8, 4) is 11.5 Å². The average Bonchev–Trinajstić information content (AvgIpc) is 2.71. The third-order valence-electron chi connectivity index (χ3n) is 4.78. The van der Waals surface area contributed by atoms with Gasteiger partial charge in [0.05, 0.1) is 31.3 Å². The van der Waals surface area contributed by atoms with Crippen molar-refractivity contribution in [2.75, 3.05) is 64.0 Å². The number of benzene rings is 1. The van der Waals surface area contributed by atoms with E-state index in [1.807, 2.05) is 32.9 Å². The fraction of sp³-hybridized carbons (Fsp3) is 0.667. The number of nitrogens with one attached hydrogen (secondary N) is 2. The van der Waals surface area contributed by atoms with Gasteiger partial charge in [-0.05, 0) is 44.9 Å². The quantitative estimate of drug-likeness (QED) is 0.396. The molecule has 0 atom stereocenters. The van der Waals surface area contributed by atoms with Crippen molar-refractivity contribution in [2.45, 2.75) is 27.2 Å². The topological polar surface area (TPSA) is 92.3 Å². The number of nitrogens with zero attached hydrogens (tertiary/aromatic N) is 2. The largest absolute Gasteiger partial charge is 0.490 e. The van der Waals surface area contributed by atoms with E-state index < -0.39 is 9.84 Å². The van der Waals surface area contributed by atoms with E-state index in [0.29, 0.717) is 32.8 Å². The Labute approximate surface area is 181 Å². The van der Waals surface area contributed by atoms with Crippen molar-refractivity contribution in [1.29, 1.82) is 0 Å². The fourth-order valence-electron chi connectivity index (χ4n) is 3.20. The second-order valence-corrected chi connectivity index (χ2v) is 9.38. The number of ether oxygens (including phenoxy) is 2. The minimum atomic E-state index is -2.84. The summed E-state index contributed by atoms with van der Waals surface area (Å²) in [6.07, 6.45) is 0.834. The number of guanidine groups is 1. The van der Waals surface area contributed by atoms with Gasteiger partial charge in [-0.1, -0.05) is 6.07 Å². The first-order chi connectivity index (χ1) is 14.5. The highest BCUT2D eigenvalue weighted by Gasteiger charge is 2.20. The highest BCUT2D eigenvalue weighted by Crippen LogP contribution is 2.28. The third kappa shape index (κ3) is 8.39. The summed E-state index contributed by atoms with van der Waals surface area (Å²) < 4.78 is 34.4. The first-order valence-electron chi connectivity index (χ1n) is 10.8. The van der Waals surface area contributed by atoms with E-state index in [-0.39, 0.29) is 11.5 Å². The van der Waals surface area contributed by atoms with Crippen LogP contribution in [0, 0.1) is 0 Å². The van der Waals surface area contributed by atoms with Crippen LogP contribution in [0.15, 0.2) is 23.2 Å². The van der Waals surface area contributed by atoms with Crippen LogP contribution in [0.5, 0.6) is 11.5 Å². The van der Waals surface area contributed by atoms with Crippen molar-refractivity contribution in [3.63, 3.8) is 0 Å². The number of rotatable bonds is 11. The lowest BCUT2D eigenvalue weighted by Gasteiger charge is -2.25. The molecular formula is C21H36N4O4S. The van der Waals surface area contributed by atoms with Gasteiger partial charge in [-0.2, -0.15) is 0 Å². The zero-order valence-electron chi connectivity index (χ0n) is 18.4. The van der Waals surface area contributed by atoms with Crippen LogP contribution >= 0.6 is 0 Å². The molecule has 9 heteroatoms. The Kier molecular flexibility index (Phi) is 10.2. The number of hydrogen-bond donors (Lipinski definition) is 2. The molecule has 0 radical (unpaired) electrons. The Morgan fingerprint density at radius 3 is 2.43 bits per heavy atom. The molecule has 170 valence electrons. The molecule has 0 aliphatic carbocycles. The van der Waals surface area contributed by atoms with Crippen molar-refractivity contribution in [2.24, 2.45) is 4.99 Å². The first-order valence-corrected chi connectivity index (χ1v) is 12.6. The molecule has 0 aromatic heterocycles. The van der Waals surface area contributed by atoms with Crippen molar-refractivity contribution < 1.29 is 17.9 Å². The van der Waals surface area contributed by atoms with Crippen LogP contribution in [0.3, 0.4) is 0 Å². The summed E-state index contributed by atoms with van der Waals surface area (Å²) in [5.74, 6) is 2.83. The van der Waals surface area contributed by atoms with Gasteiger partial charge in [0.1, 0.15) is 0 Å².